The molecule has 2 N–H and O–H groups in total. The van der Waals surface area contributed by atoms with Crippen LogP contribution in [0.1, 0.15) is 35.9 Å². The number of furan rings is 1. The average Bonchev–Trinajstić information content (AvgIpc) is 3.22. The molecular formula is C14H17N4O2S+. The van der Waals surface area contributed by atoms with Crippen LogP contribution in [0.25, 0.3) is 4.96 Å². The second-order valence-corrected chi connectivity index (χ2v) is 6.42. The van der Waals surface area contributed by atoms with Crippen molar-refractivity contribution in [1.82, 2.24) is 14.6 Å². The van der Waals surface area contributed by atoms with Crippen LogP contribution in [0.15, 0.2) is 29.1 Å². The van der Waals surface area contributed by atoms with Gasteiger partial charge in [-0.15, -0.1) is 0 Å². The molecule has 6 nitrogen and oxygen atoms in total. The number of quaternary nitrogens is 1. The number of piperidine rings is 1. The quantitative estimate of drug-likeness (QED) is 0.764. The molecule has 110 valence electrons. The van der Waals surface area contributed by atoms with E-state index in [1.54, 1.807) is 6.26 Å². The van der Waals surface area contributed by atoms with Gasteiger partial charge < -0.3 is 14.4 Å². The standard InChI is InChI=1S/C14H16N4O2S/c19-13-12(21-14-15-9-16-18(13)14)11(10-5-4-8-20-10)17-6-2-1-3-7-17/h4-5,8-9,11,19H,1-3,6-7H2/p+1/t11-/m1/s1. The summed E-state index contributed by atoms with van der Waals surface area (Å²) < 4.78 is 7.15. The van der Waals surface area contributed by atoms with Crippen molar-refractivity contribution in [2.24, 2.45) is 0 Å². The lowest BCUT2D eigenvalue weighted by Crippen LogP contribution is -3.13. The lowest BCUT2D eigenvalue weighted by atomic mass is 10.1. The maximum absolute atomic E-state index is 10.5. The third-order valence-corrected chi connectivity index (χ3v) is 5.23. The summed E-state index contributed by atoms with van der Waals surface area (Å²) in [5, 5.41) is 14.6. The Morgan fingerprint density at radius 2 is 2.19 bits per heavy atom. The average molecular weight is 305 g/mol. The molecule has 0 radical (unpaired) electrons. The molecule has 1 saturated heterocycles. The van der Waals surface area contributed by atoms with Gasteiger partial charge in [0.15, 0.2) is 11.8 Å². The van der Waals surface area contributed by atoms with E-state index in [4.69, 9.17) is 4.42 Å². The van der Waals surface area contributed by atoms with Crippen LogP contribution in [-0.4, -0.2) is 32.8 Å². The first-order valence-electron chi connectivity index (χ1n) is 7.24. The van der Waals surface area contributed by atoms with E-state index in [1.807, 2.05) is 12.1 Å². The van der Waals surface area contributed by atoms with Gasteiger partial charge in [-0.1, -0.05) is 11.3 Å². The van der Waals surface area contributed by atoms with Gasteiger partial charge in [-0.3, -0.25) is 0 Å². The highest BCUT2D eigenvalue weighted by molar-refractivity contribution is 7.17. The van der Waals surface area contributed by atoms with Crippen molar-refractivity contribution in [1.29, 1.82) is 0 Å². The van der Waals surface area contributed by atoms with Crippen molar-refractivity contribution in [3.05, 3.63) is 35.4 Å². The molecule has 3 aromatic heterocycles. The Balaban J connectivity index is 1.81. The van der Waals surface area contributed by atoms with Crippen LogP contribution in [-0.2, 0) is 0 Å². The van der Waals surface area contributed by atoms with Crippen molar-refractivity contribution in [3.8, 4) is 5.88 Å². The highest BCUT2D eigenvalue weighted by Gasteiger charge is 2.35. The molecule has 7 heteroatoms. The largest absolute Gasteiger partial charge is 0.492 e. The van der Waals surface area contributed by atoms with Gasteiger partial charge >= 0.3 is 0 Å². The third-order valence-electron chi connectivity index (χ3n) is 4.13. The SMILES string of the molecule is Oc1c([C@@H](c2ccco2)[NH+]2CCCCC2)sc2ncnn12. The minimum absolute atomic E-state index is 0.0220. The fraction of sp³-hybridized carbons (Fsp3) is 0.429. The Morgan fingerprint density at radius 3 is 2.90 bits per heavy atom. The van der Waals surface area contributed by atoms with Gasteiger partial charge in [0.25, 0.3) is 0 Å². The van der Waals surface area contributed by atoms with Gasteiger partial charge in [0.2, 0.25) is 10.8 Å². The molecule has 0 unspecified atom stereocenters. The van der Waals surface area contributed by atoms with Crippen molar-refractivity contribution in [2.75, 3.05) is 13.1 Å². The van der Waals surface area contributed by atoms with Crippen molar-refractivity contribution >= 4 is 16.3 Å². The number of rotatable bonds is 3. The van der Waals surface area contributed by atoms with Gasteiger partial charge in [-0.25, -0.2) is 4.98 Å². The molecule has 1 atom stereocenters. The highest BCUT2D eigenvalue weighted by atomic mass is 32.1. The summed E-state index contributed by atoms with van der Waals surface area (Å²) in [5.41, 5.74) is 0. The van der Waals surface area contributed by atoms with E-state index in [0.29, 0.717) is 0 Å². The number of thiazole rings is 1. The van der Waals surface area contributed by atoms with Crippen LogP contribution in [0, 0.1) is 0 Å². The Morgan fingerprint density at radius 1 is 1.33 bits per heavy atom. The first kappa shape index (κ1) is 12.8. The zero-order chi connectivity index (χ0) is 14.2. The summed E-state index contributed by atoms with van der Waals surface area (Å²) in [5.74, 6) is 1.08. The van der Waals surface area contributed by atoms with Crippen LogP contribution in [0.4, 0.5) is 0 Å². The molecule has 4 heterocycles. The molecule has 0 aliphatic carbocycles. The second kappa shape index (κ2) is 5.16. The van der Waals surface area contributed by atoms with Gasteiger partial charge in [-0.2, -0.15) is 9.61 Å². The summed E-state index contributed by atoms with van der Waals surface area (Å²) in [6.45, 7) is 2.19. The summed E-state index contributed by atoms with van der Waals surface area (Å²) in [4.78, 5) is 7.22. The van der Waals surface area contributed by atoms with E-state index in [9.17, 15) is 5.11 Å². The van der Waals surface area contributed by atoms with Crippen molar-refractivity contribution < 1.29 is 14.4 Å². The van der Waals surface area contributed by atoms with Crippen LogP contribution >= 0.6 is 11.3 Å². The monoisotopic (exact) mass is 305 g/mol. The molecule has 0 spiro atoms. The highest BCUT2D eigenvalue weighted by Crippen LogP contribution is 2.34. The Labute approximate surface area is 125 Å². The maximum atomic E-state index is 10.5. The molecule has 1 aliphatic rings. The number of hydrogen-bond acceptors (Lipinski definition) is 5. The predicted octanol–water partition coefficient (Wildman–Crippen LogP) is 1.25. The van der Waals surface area contributed by atoms with E-state index < -0.39 is 0 Å². The van der Waals surface area contributed by atoms with Gasteiger partial charge in [0.05, 0.1) is 19.4 Å². The molecule has 0 aromatic carbocycles. The molecule has 1 fully saturated rings. The van der Waals surface area contributed by atoms with E-state index in [1.165, 1.54) is 46.3 Å². The number of aromatic nitrogens is 3. The molecule has 0 amide bonds. The van der Waals surface area contributed by atoms with Crippen LogP contribution in [0.3, 0.4) is 0 Å². The zero-order valence-electron chi connectivity index (χ0n) is 11.5. The second-order valence-electron chi connectivity index (χ2n) is 5.41. The molecule has 0 bridgehead atoms. The summed E-state index contributed by atoms with van der Waals surface area (Å²) in [7, 11) is 0. The summed E-state index contributed by atoms with van der Waals surface area (Å²) in [6, 6.07) is 3.91. The molecule has 4 rings (SSSR count). The Kier molecular flexibility index (Phi) is 3.16. The number of nitrogens with one attached hydrogen (secondary N) is 1. The lowest BCUT2D eigenvalue weighted by Gasteiger charge is -2.29. The van der Waals surface area contributed by atoms with Gasteiger partial charge in [0.1, 0.15) is 11.2 Å². The van der Waals surface area contributed by atoms with Crippen LogP contribution < -0.4 is 4.90 Å². The topological polar surface area (TPSA) is 68.0 Å². The first-order chi connectivity index (χ1) is 10.3. The minimum Gasteiger partial charge on any atom is -0.492 e. The maximum Gasteiger partial charge on any atom is 0.235 e. The number of fused-ring (bicyclic) bond motifs is 1. The molecule has 21 heavy (non-hydrogen) atoms. The smallest absolute Gasteiger partial charge is 0.235 e. The number of nitrogens with zero attached hydrogens (tertiary/aromatic N) is 3. The van der Waals surface area contributed by atoms with E-state index in [-0.39, 0.29) is 11.9 Å². The van der Waals surface area contributed by atoms with Gasteiger partial charge in [0, 0.05) is 0 Å². The third kappa shape index (κ3) is 2.13. The number of likely N-dealkylation sites (tertiary alicyclic amines) is 1. The Hall–Kier alpha value is -1.86. The number of aromatic hydroxyl groups is 1. The minimum atomic E-state index is 0.0220. The van der Waals surface area contributed by atoms with Gasteiger partial charge in [-0.05, 0) is 31.4 Å². The number of hydrogen-bond donors (Lipinski definition) is 2. The Bertz CT molecular complexity index is 727. The fourth-order valence-corrected chi connectivity index (χ4v) is 4.24. The van der Waals surface area contributed by atoms with Crippen molar-refractivity contribution in [3.63, 3.8) is 0 Å². The van der Waals surface area contributed by atoms with Crippen molar-refractivity contribution in [2.45, 2.75) is 25.3 Å². The van der Waals surface area contributed by atoms with E-state index in [2.05, 4.69) is 10.1 Å². The predicted molar refractivity (Wildman–Crippen MR) is 77.6 cm³/mol. The normalized spacial score (nSPS) is 18.3. The molecule has 3 aromatic rings. The molecule has 1 aliphatic heterocycles. The molecule has 0 saturated carbocycles. The lowest BCUT2D eigenvalue weighted by molar-refractivity contribution is -0.930. The fourth-order valence-electron chi connectivity index (χ4n) is 3.15. The molecular weight excluding hydrogens is 288 g/mol. The van der Waals surface area contributed by atoms with E-state index in [0.717, 1.165) is 28.7 Å². The van der Waals surface area contributed by atoms with Crippen LogP contribution in [0.5, 0.6) is 5.88 Å². The summed E-state index contributed by atoms with van der Waals surface area (Å²) in [6.07, 6.45) is 6.88. The van der Waals surface area contributed by atoms with Crippen LogP contribution in [0.2, 0.25) is 0 Å². The van der Waals surface area contributed by atoms with E-state index >= 15 is 0 Å². The summed E-state index contributed by atoms with van der Waals surface area (Å²) >= 11 is 1.49. The first-order valence-corrected chi connectivity index (χ1v) is 8.05. The zero-order valence-corrected chi connectivity index (χ0v) is 12.3.